The third kappa shape index (κ3) is 10.9. The molecular formula is C40H54F2N10O6. The van der Waals surface area contributed by atoms with Crippen molar-refractivity contribution >= 4 is 34.9 Å². The largest absolute Gasteiger partial charge is 0.481 e. The lowest BCUT2D eigenvalue weighted by molar-refractivity contribution is 0.0518. The van der Waals surface area contributed by atoms with Gasteiger partial charge in [0, 0.05) is 41.8 Å². The number of anilines is 2. The molecule has 0 aliphatic rings. The Morgan fingerprint density at radius 3 is 1.67 bits per heavy atom. The van der Waals surface area contributed by atoms with E-state index in [0.717, 1.165) is 12.4 Å². The number of pyridine rings is 2. The monoisotopic (exact) mass is 808 g/mol. The first-order valence-corrected chi connectivity index (χ1v) is 17.5. The Balaban J connectivity index is 0.000000381. The highest BCUT2D eigenvalue weighted by molar-refractivity contribution is 5.96. The van der Waals surface area contributed by atoms with Crippen molar-refractivity contribution in [3.63, 3.8) is 0 Å². The van der Waals surface area contributed by atoms with E-state index in [-0.39, 0.29) is 76.4 Å². The zero-order valence-electron chi connectivity index (χ0n) is 31.5. The first-order chi connectivity index (χ1) is 26.3. The molecule has 18 heteroatoms. The van der Waals surface area contributed by atoms with Gasteiger partial charge in [-0.1, -0.05) is 22.3 Å². The second-order valence-corrected chi connectivity index (χ2v) is 12.6. The van der Waals surface area contributed by atoms with Crippen LogP contribution in [0.25, 0.3) is 11.3 Å². The van der Waals surface area contributed by atoms with Crippen molar-refractivity contribution in [2.24, 2.45) is 0 Å². The minimum atomic E-state index is -0.517. The number of halogens is 2. The molecule has 0 aromatic carbocycles. The van der Waals surface area contributed by atoms with E-state index in [1.807, 2.05) is 37.5 Å². The number of rotatable bonds is 13. The third-order valence-electron chi connectivity index (χ3n) is 8.25. The summed E-state index contributed by atoms with van der Waals surface area (Å²) in [6.07, 6.45) is 8.37. The molecule has 6 aromatic rings. The molecule has 0 atom stereocenters. The van der Waals surface area contributed by atoms with Crippen molar-refractivity contribution in [1.29, 1.82) is 0 Å². The summed E-state index contributed by atoms with van der Waals surface area (Å²) in [5.41, 5.74) is 1.81. The van der Waals surface area contributed by atoms with Gasteiger partial charge in [0.25, 0.3) is 5.56 Å². The number of hydrogen-bond donors (Lipinski definition) is 1. The highest BCUT2D eigenvalue weighted by Crippen LogP contribution is 2.25. The second kappa shape index (κ2) is 21.2. The molecular weight excluding hydrogens is 754 g/mol. The van der Waals surface area contributed by atoms with Gasteiger partial charge in [-0.15, -0.1) is 0 Å². The van der Waals surface area contributed by atoms with Crippen LogP contribution in [-0.4, -0.2) is 83.5 Å². The van der Waals surface area contributed by atoms with Crippen molar-refractivity contribution in [3.8, 4) is 5.88 Å². The maximum atomic E-state index is 13.7. The number of ether oxygens (including phenoxy) is 3. The molecule has 16 nitrogen and oxygen atoms in total. The van der Waals surface area contributed by atoms with Crippen LogP contribution >= 0.6 is 0 Å². The van der Waals surface area contributed by atoms with Crippen molar-refractivity contribution in [3.05, 3.63) is 106 Å². The molecule has 6 rings (SSSR count). The zero-order valence-corrected chi connectivity index (χ0v) is 31.5. The van der Waals surface area contributed by atoms with E-state index in [2.05, 4.69) is 30.1 Å². The molecule has 0 fully saturated rings. The minimum Gasteiger partial charge on any atom is -0.481 e. The molecule has 6 heterocycles. The van der Waals surface area contributed by atoms with E-state index in [9.17, 15) is 23.2 Å². The lowest BCUT2D eigenvalue weighted by Crippen LogP contribution is -2.33. The molecule has 0 amide bonds. The summed E-state index contributed by atoms with van der Waals surface area (Å²) in [4.78, 5) is 55.5. The van der Waals surface area contributed by atoms with Crippen LogP contribution in [0.5, 0.6) is 5.88 Å². The Morgan fingerprint density at radius 1 is 0.759 bits per heavy atom. The Hall–Kier alpha value is -6.46. The predicted molar refractivity (Wildman–Crippen MR) is 218 cm³/mol. The molecule has 0 saturated heterocycles. The van der Waals surface area contributed by atoms with Gasteiger partial charge >= 0.3 is 11.9 Å². The van der Waals surface area contributed by atoms with Gasteiger partial charge in [-0.25, -0.2) is 42.4 Å². The normalized spacial score (nSPS) is 10.5. The zero-order chi connectivity index (χ0) is 39.8. The quantitative estimate of drug-likeness (QED) is 0.119. The predicted octanol–water partition coefficient (Wildman–Crippen LogP) is 6.92. The molecule has 0 spiro atoms. The van der Waals surface area contributed by atoms with Crippen LogP contribution in [0.4, 0.5) is 20.4 Å². The number of nitrogens with one attached hydrogen (secondary N) is 1. The summed E-state index contributed by atoms with van der Waals surface area (Å²) in [6, 6.07) is 6.11. The number of nitrogens with zero attached hydrogens (tertiary/aromatic N) is 9. The van der Waals surface area contributed by atoms with Crippen molar-refractivity contribution in [2.45, 2.75) is 89.0 Å². The number of fused-ring (bicyclic) bond motifs is 2. The molecule has 0 bridgehead atoms. The SMILES string of the molecule is C.C.C.CCOC(=O)c1cnn2ccc(N(Cc3cc(F)c[nH]c3=O)C(C)C)nc12.CCOC(=O)c1cnn2ccc(N(Cc3cc(F)cnc3OC)C(C)C)nc12. The Labute approximate surface area is 336 Å². The van der Waals surface area contributed by atoms with Crippen LogP contribution in [0.3, 0.4) is 0 Å². The van der Waals surface area contributed by atoms with Gasteiger partial charge in [-0.3, -0.25) is 4.79 Å². The number of carbonyl (C=O) groups excluding carboxylic acids is 2. The molecule has 314 valence electrons. The summed E-state index contributed by atoms with van der Waals surface area (Å²) < 4.78 is 45.6. The molecule has 0 saturated carbocycles. The van der Waals surface area contributed by atoms with E-state index in [1.54, 1.807) is 38.4 Å². The summed E-state index contributed by atoms with van der Waals surface area (Å²) in [5.74, 6) is -0.443. The molecule has 0 unspecified atom stereocenters. The first-order valence-electron chi connectivity index (χ1n) is 17.5. The number of aromatic nitrogens is 8. The molecule has 1 N–H and O–H groups in total. The van der Waals surface area contributed by atoms with Crippen LogP contribution in [0, 0.1) is 11.6 Å². The average Bonchev–Trinajstić information content (AvgIpc) is 3.78. The van der Waals surface area contributed by atoms with E-state index in [1.165, 1.54) is 40.7 Å². The van der Waals surface area contributed by atoms with Crippen LogP contribution in [0.1, 0.15) is 95.7 Å². The van der Waals surface area contributed by atoms with Crippen molar-refractivity contribution in [1.82, 2.24) is 39.2 Å². The van der Waals surface area contributed by atoms with Crippen LogP contribution in [0.2, 0.25) is 0 Å². The van der Waals surface area contributed by atoms with E-state index < -0.39 is 23.6 Å². The van der Waals surface area contributed by atoms with Gasteiger partial charge in [0.05, 0.1) is 52.0 Å². The minimum absolute atomic E-state index is 0. The summed E-state index contributed by atoms with van der Waals surface area (Å²) in [7, 11) is 1.49. The fourth-order valence-corrected chi connectivity index (χ4v) is 5.55. The van der Waals surface area contributed by atoms with Gasteiger partial charge in [0.15, 0.2) is 11.3 Å². The lowest BCUT2D eigenvalue weighted by Gasteiger charge is -2.28. The number of carbonyl (C=O) groups is 2. The average molecular weight is 809 g/mol. The summed E-state index contributed by atoms with van der Waals surface area (Å²) >= 11 is 0. The van der Waals surface area contributed by atoms with Crippen molar-refractivity contribution < 1.29 is 32.6 Å². The fourth-order valence-electron chi connectivity index (χ4n) is 5.55. The van der Waals surface area contributed by atoms with Crippen LogP contribution in [-0.2, 0) is 22.6 Å². The summed E-state index contributed by atoms with van der Waals surface area (Å²) in [6.45, 7) is 12.3. The van der Waals surface area contributed by atoms with Crippen molar-refractivity contribution in [2.75, 3.05) is 30.1 Å². The van der Waals surface area contributed by atoms with Crippen LogP contribution < -0.4 is 20.1 Å². The molecule has 0 aliphatic heterocycles. The number of aromatic amines is 1. The number of methoxy groups -OCH3 is 1. The Kier molecular flexibility index (Phi) is 17.4. The topological polar surface area (TPSA) is 174 Å². The van der Waals surface area contributed by atoms with E-state index in [0.29, 0.717) is 40.9 Å². The fraction of sp³-hybridized carbons (Fsp3) is 0.400. The third-order valence-corrected chi connectivity index (χ3v) is 8.25. The van der Waals surface area contributed by atoms with Gasteiger partial charge in [-0.2, -0.15) is 10.2 Å². The molecule has 0 radical (unpaired) electrons. The van der Waals surface area contributed by atoms with E-state index in [4.69, 9.17) is 14.2 Å². The van der Waals surface area contributed by atoms with Gasteiger partial charge in [0.2, 0.25) is 5.88 Å². The molecule has 6 aromatic heterocycles. The number of esters is 2. The van der Waals surface area contributed by atoms with Gasteiger partial charge in [-0.05, 0) is 65.8 Å². The van der Waals surface area contributed by atoms with Gasteiger partial charge in [0.1, 0.15) is 34.4 Å². The first kappa shape index (κ1) is 47.7. The summed E-state index contributed by atoms with van der Waals surface area (Å²) in [5, 5.41) is 8.25. The Bertz CT molecular complexity index is 2340. The van der Waals surface area contributed by atoms with E-state index >= 15 is 0 Å². The maximum absolute atomic E-state index is 13.7. The van der Waals surface area contributed by atoms with Crippen LogP contribution in [0.15, 0.2) is 66.2 Å². The number of H-pyrrole nitrogens is 1. The Morgan fingerprint density at radius 2 is 1.22 bits per heavy atom. The lowest BCUT2D eigenvalue weighted by atomic mass is 10.2. The number of hydrogen-bond acceptors (Lipinski definition) is 13. The maximum Gasteiger partial charge on any atom is 0.343 e. The highest BCUT2D eigenvalue weighted by atomic mass is 19.1. The smallest absolute Gasteiger partial charge is 0.343 e. The van der Waals surface area contributed by atoms with Gasteiger partial charge < -0.3 is 29.0 Å². The second-order valence-electron chi connectivity index (χ2n) is 12.6. The highest BCUT2D eigenvalue weighted by Gasteiger charge is 2.22. The molecule has 0 aliphatic carbocycles. The molecule has 58 heavy (non-hydrogen) atoms. The standard InChI is InChI=1S/C19H22FN5O3.C18H20FN5O3.3CH4/c1-5-28-19(26)15-10-22-25-7-6-16(23-17(15)25)24(12(2)3)11-13-8-14(20)9-21-18(13)27-4;1-4-27-18(26)14-9-21-24-6-5-15(22-16(14)24)23(11(2)3)10-12-7-13(19)8-20-17(12)25;;;/h6-10,12H,5,11H2,1-4H3;5-9,11H,4,10H2,1-3H3,(H,20,25);3*1H4.